The molecule has 0 spiro atoms. The Bertz CT molecular complexity index is 700. The zero-order valence-electron chi connectivity index (χ0n) is 16.5. The van der Waals surface area contributed by atoms with Gasteiger partial charge in [0.1, 0.15) is 12.6 Å². The molecular weight excluding hydrogens is 370 g/mol. The summed E-state index contributed by atoms with van der Waals surface area (Å²) in [5.41, 5.74) is 5.80. The van der Waals surface area contributed by atoms with Crippen molar-refractivity contribution in [2.24, 2.45) is 11.7 Å². The maximum atomic E-state index is 13.6. The van der Waals surface area contributed by atoms with Crippen molar-refractivity contribution < 1.29 is 23.1 Å². The fourth-order valence-corrected chi connectivity index (χ4v) is 3.24. The second kappa shape index (κ2) is 9.90. The molecule has 1 saturated heterocycles. The number of ether oxygens (including phenoxy) is 1. The van der Waals surface area contributed by atoms with Gasteiger partial charge in [0.25, 0.3) is 12.3 Å². The van der Waals surface area contributed by atoms with Crippen molar-refractivity contribution >= 4 is 23.2 Å². The maximum absolute atomic E-state index is 13.6. The van der Waals surface area contributed by atoms with Gasteiger partial charge in [-0.15, -0.1) is 0 Å². The minimum atomic E-state index is -2.79. The van der Waals surface area contributed by atoms with Crippen LogP contribution in [-0.2, 0) is 14.3 Å². The summed E-state index contributed by atoms with van der Waals surface area (Å²) < 4.78 is 32.3. The number of nitrogens with one attached hydrogen (secondary N) is 1. The molecule has 1 aliphatic rings. The molecule has 7 nitrogen and oxygen atoms in total. The Hall–Kier alpha value is -2.10. The van der Waals surface area contributed by atoms with Gasteiger partial charge >= 0.3 is 0 Å². The molecule has 1 fully saturated rings. The van der Waals surface area contributed by atoms with E-state index >= 15 is 0 Å². The van der Waals surface area contributed by atoms with Crippen LogP contribution in [0.25, 0.3) is 0 Å². The number of likely N-dealkylation sites (N-methyl/N-ethyl adjacent to an activating group) is 1. The molecule has 1 atom stereocenters. The highest BCUT2D eigenvalue weighted by Crippen LogP contribution is 2.33. The highest BCUT2D eigenvalue weighted by molar-refractivity contribution is 5.97. The predicted octanol–water partition coefficient (Wildman–Crippen LogP) is 1.84. The van der Waals surface area contributed by atoms with Crippen LogP contribution >= 0.6 is 0 Å². The number of morpholine rings is 1. The minimum absolute atomic E-state index is 0.108. The summed E-state index contributed by atoms with van der Waals surface area (Å²) in [7, 11) is 1.80. The molecule has 0 aliphatic carbocycles. The van der Waals surface area contributed by atoms with Gasteiger partial charge in [0.15, 0.2) is 0 Å². The predicted molar refractivity (Wildman–Crippen MR) is 104 cm³/mol. The van der Waals surface area contributed by atoms with Gasteiger partial charge in [-0.05, 0) is 31.2 Å². The fraction of sp³-hybridized carbons (Fsp3) is 0.579. The summed E-state index contributed by atoms with van der Waals surface area (Å²) in [5, 5.41) is 2.66. The van der Waals surface area contributed by atoms with Crippen LogP contribution in [0.3, 0.4) is 0 Å². The number of nitrogens with two attached hydrogens (primary N) is 1. The smallest absolute Gasteiger partial charge is 0.265 e. The first kappa shape index (κ1) is 22.2. The van der Waals surface area contributed by atoms with E-state index in [0.717, 1.165) is 0 Å². The zero-order chi connectivity index (χ0) is 20.8. The molecule has 0 unspecified atom stereocenters. The van der Waals surface area contributed by atoms with Gasteiger partial charge in [0.2, 0.25) is 5.91 Å². The Labute approximate surface area is 163 Å². The van der Waals surface area contributed by atoms with Crippen molar-refractivity contribution in [2.75, 3.05) is 50.1 Å². The Morgan fingerprint density at radius 1 is 1.39 bits per heavy atom. The molecule has 0 bridgehead atoms. The van der Waals surface area contributed by atoms with Crippen LogP contribution in [0.5, 0.6) is 0 Å². The van der Waals surface area contributed by atoms with Gasteiger partial charge < -0.3 is 20.7 Å². The fourth-order valence-electron chi connectivity index (χ4n) is 3.24. The average Bonchev–Trinajstić information content (AvgIpc) is 2.62. The monoisotopic (exact) mass is 398 g/mol. The lowest BCUT2D eigenvalue weighted by Crippen LogP contribution is -2.48. The Kier molecular flexibility index (Phi) is 7.85. The highest BCUT2D eigenvalue weighted by atomic mass is 19.3. The first-order chi connectivity index (χ1) is 13.2. The standard InChI is InChI=1S/C19H28F2N4O3/c1-12(2)10-24(3)16(9-22)19(27)23-13-4-5-15(14(8-13)18(20)21)25-6-7-28-11-17(25)26/h4-5,8,12,16,18H,6-7,9-11,22H2,1-3H3,(H,23,27)/t16-/m0/s1. The third-order valence-corrected chi connectivity index (χ3v) is 4.52. The van der Waals surface area contributed by atoms with Crippen molar-refractivity contribution in [1.29, 1.82) is 0 Å². The van der Waals surface area contributed by atoms with E-state index < -0.39 is 12.5 Å². The average molecular weight is 398 g/mol. The number of alkyl halides is 2. The Balaban J connectivity index is 2.21. The number of hydrogen-bond donors (Lipinski definition) is 2. The van der Waals surface area contributed by atoms with E-state index in [1.807, 2.05) is 18.7 Å². The van der Waals surface area contributed by atoms with Crippen LogP contribution in [-0.4, -0.2) is 62.7 Å². The van der Waals surface area contributed by atoms with Crippen LogP contribution in [0.4, 0.5) is 20.2 Å². The topological polar surface area (TPSA) is 87.9 Å². The Morgan fingerprint density at radius 3 is 2.68 bits per heavy atom. The number of carbonyl (C=O) groups is 2. The largest absolute Gasteiger partial charge is 0.370 e. The minimum Gasteiger partial charge on any atom is -0.370 e. The summed E-state index contributed by atoms with van der Waals surface area (Å²) in [6.07, 6.45) is -2.79. The molecule has 1 aromatic rings. The molecule has 1 aromatic carbocycles. The SMILES string of the molecule is CC(C)CN(C)[C@@H](CN)C(=O)Nc1ccc(N2CCOCC2=O)c(C(F)F)c1. The van der Waals surface area contributed by atoms with Gasteiger partial charge in [-0.2, -0.15) is 0 Å². The van der Waals surface area contributed by atoms with Crippen LogP contribution in [0.2, 0.25) is 0 Å². The lowest BCUT2D eigenvalue weighted by Gasteiger charge is -2.29. The number of amides is 2. The normalized spacial score (nSPS) is 16.2. The summed E-state index contributed by atoms with van der Waals surface area (Å²) in [6, 6.07) is 3.57. The first-order valence-corrected chi connectivity index (χ1v) is 9.26. The number of halogens is 2. The molecule has 9 heteroatoms. The summed E-state index contributed by atoms with van der Waals surface area (Å²) in [6.45, 7) is 5.20. The third kappa shape index (κ3) is 5.46. The molecule has 2 rings (SSSR count). The number of hydrogen-bond acceptors (Lipinski definition) is 5. The van der Waals surface area contributed by atoms with E-state index in [9.17, 15) is 18.4 Å². The molecule has 28 heavy (non-hydrogen) atoms. The number of rotatable bonds is 8. The van der Waals surface area contributed by atoms with Gasteiger partial charge in [-0.1, -0.05) is 13.8 Å². The summed E-state index contributed by atoms with van der Waals surface area (Å²) in [5.74, 6) is -0.382. The molecule has 0 radical (unpaired) electrons. The molecule has 0 aromatic heterocycles. The molecule has 2 amide bonds. The first-order valence-electron chi connectivity index (χ1n) is 9.26. The molecular formula is C19H28F2N4O3. The van der Waals surface area contributed by atoms with Crippen LogP contribution in [0.15, 0.2) is 18.2 Å². The number of anilines is 2. The van der Waals surface area contributed by atoms with E-state index in [1.165, 1.54) is 23.1 Å². The van der Waals surface area contributed by atoms with Crippen LogP contribution in [0, 0.1) is 5.92 Å². The summed E-state index contributed by atoms with van der Waals surface area (Å²) >= 11 is 0. The van der Waals surface area contributed by atoms with E-state index in [2.05, 4.69) is 5.32 Å². The van der Waals surface area contributed by atoms with Gasteiger partial charge in [-0.25, -0.2) is 8.78 Å². The lowest BCUT2D eigenvalue weighted by molar-refractivity contribution is -0.125. The number of nitrogens with zero attached hydrogens (tertiary/aromatic N) is 2. The second-order valence-corrected chi connectivity index (χ2v) is 7.25. The van der Waals surface area contributed by atoms with Crippen molar-refractivity contribution in [1.82, 2.24) is 4.90 Å². The highest BCUT2D eigenvalue weighted by Gasteiger charge is 2.27. The van der Waals surface area contributed by atoms with Crippen molar-refractivity contribution in [3.63, 3.8) is 0 Å². The van der Waals surface area contributed by atoms with Gasteiger partial charge in [0.05, 0.1) is 12.3 Å². The van der Waals surface area contributed by atoms with Crippen LogP contribution < -0.4 is 16.0 Å². The summed E-state index contributed by atoms with van der Waals surface area (Å²) in [4.78, 5) is 27.7. The van der Waals surface area contributed by atoms with Crippen molar-refractivity contribution in [3.05, 3.63) is 23.8 Å². The maximum Gasteiger partial charge on any atom is 0.265 e. The van der Waals surface area contributed by atoms with E-state index in [1.54, 1.807) is 7.05 Å². The third-order valence-electron chi connectivity index (χ3n) is 4.52. The second-order valence-electron chi connectivity index (χ2n) is 7.25. The zero-order valence-corrected chi connectivity index (χ0v) is 16.5. The molecule has 1 aliphatic heterocycles. The van der Waals surface area contributed by atoms with E-state index in [0.29, 0.717) is 12.5 Å². The molecule has 0 saturated carbocycles. The quantitative estimate of drug-likeness (QED) is 0.698. The number of carbonyl (C=O) groups excluding carboxylic acids is 2. The van der Waals surface area contributed by atoms with Crippen molar-refractivity contribution in [3.8, 4) is 0 Å². The lowest BCUT2D eigenvalue weighted by atomic mass is 10.1. The number of benzene rings is 1. The Morgan fingerprint density at radius 2 is 2.11 bits per heavy atom. The van der Waals surface area contributed by atoms with Gasteiger partial charge in [0, 0.05) is 30.9 Å². The molecule has 156 valence electrons. The molecule has 3 N–H and O–H groups in total. The van der Waals surface area contributed by atoms with Crippen LogP contribution in [0.1, 0.15) is 25.8 Å². The van der Waals surface area contributed by atoms with Gasteiger partial charge in [-0.3, -0.25) is 14.5 Å². The van der Waals surface area contributed by atoms with E-state index in [-0.39, 0.29) is 55.1 Å². The van der Waals surface area contributed by atoms with Crippen molar-refractivity contribution in [2.45, 2.75) is 26.3 Å². The molecule has 1 heterocycles. The van der Waals surface area contributed by atoms with E-state index in [4.69, 9.17) is 10.5 Å².